The molecule has 1 rings (SSSR count). The van der Waals surface area contributed by atoms with Crippen LogP contribution < -0.4 is 12.4 Å². The first kappa shape index (κ1) is 14.9. The molecule has 0 amide bonds. The molecular formula is C11H22ClN2P. The first-order chi connectivity index (χ1) is 6.65. The number of halogens is 1. The fourth-order valence-electron chi connectivity index (χ4n) is 1.87. The number of hydrogen-bond acceptors (Lipinski definition) is 1. The van der Waals surface area contributed by atoms with Gasteiger partial charge in [-0.2, -0.15) is 0 Å². The lowest BCUT2D eigenvalue weighted by Crippen LogP contribution is -3.00. The van der Waals surface area contributed by atoms with E-state index in [0.29, 0.717) is 0 Å². The molecule has 88 valence electrons. The number of nitrogens with one attached hydrogen (secondary N) is 1. The number of hydrogen-bond donors (Lipinski definition) is 1. The Labute approximate surface area is 100 Å². The van der Waals surface area contributed by atoms with Crippen molar-refractivity contribution >= 4 is 7.26 Å². The summed E-state index contributed by atoms with van der Waals surface area (Å²) in [4.78, 5) is 7.77. The lowest BCUT2D eigenvalue weighted by molar-refractivity contribution is -0.00000350. The van der Waals surface area contributed by atoms with Gasteiger partial charge in [0, 0.05) is 19.2 Å². The summed E-state index contributed by atoms with van der Waals surface area (Å²) in [6.07, 6.45) is 7.18. The van der Waals surface area contributed by atoms with Crippen LogP contribution in [-0.2, 0) is 6.16 Å². The third-order valence-electron chi connectivity index (χ3n) is 3.25. The maximum atomic E-state index is 4.42. The summed E-state index contributed by atoms with van der Waals surface area (Å²) in [5, 5.41) is 0. The molecule has 0 aliphatic rings. The second-order valence-corrected chi connectivity index (χ2v) is 8.86. The van der Waals surface area contributed by atoms with Gasteiger partial charge in [0.25, 0.3) is 0 Å². The Bertz CT molecular complexity index is 274. The third kappa shape index (κ3) is 3.77. The van der Waals surface area contributed by atoms with Crippen LogP contribution in [0.4, 0.5) is 0 Å². The van der Waals surface area contributed by atoms with Gasteiger partial charge in [0.1, 0.15) is 12.0 Å². The molecule has 0 spiro atoms. The highest BCUT2D eigenvalue weighted by atomic mass is 35.5. The van der Waals surface area contributed by atoms with E-state index in [1.165, 1.54) is 36.2 Å². The minimum absolute atomic E-state index is 0. The molecule has 0 atom stereocenters. The van der Waals surface area contributed by atoms with Crippen LogP contribution in [0.15, 0.2) is 6.20 Å². The van der Waals surface area contributed by atoms with E-state index in [9.17, 15) is 0 Å². The topological polar surface area (TPSA) is 28.7 Å². The number of rotatable bonds is 5. The number of imidazole rings is 1. The number of aromatic amines is 1. The molecule has 1 heterocycles. The third-order valence-corrected chi connectivity index (χ3v) is 8.25. The second kappa shape index (κ2) is 6.50. The first-order valence-electron chi connectivity index (χ1n) is 5.51. The van der Waals surface area contributed by atoms with Crippen LogP contribution in [0.3, 0.4) is 0 Å². The molecule has 2 nitrogen and oxygen atoms in total. The fraction of sp³-hybridized carbons (Fsp3) is 0.727. The Morgan fingerprint density at radius 1 is 1.20 bits per heavy atom. The first-order valence-corrected chi connectivity index (χ1v) is 8.04. The summed E-state index contributed by atoms with van der Waals surface area (Å²) >= 11 is 0. The molecule has 0 radical (unpaired) electrons. The van der Waals surface area contributed by atoms with Crippen molar-refractivity contribution < 1.29 is 12.4 Å². The van der Waals surface area contributed by atoms with Gasteiger partial charge in [-0.1, -0.05) is 0 Å². The lowest BCUT2D eigenvalue weighted by atomic mass is 10.6. The van der Waals surface area contributed by atoms with Gasteiger partial charge in [0.2, 0.25) is 0 Å². The molecule has 0 fully saturated rings. The molecule has 0 aliphatic heterocycles. The lowest BCUT2D eigenvalue weighted by Gasteiger charge is -2.22. The summed E-state index contributed by atoms with van der Waals surface area (Å²) in [6.45, 7) is 9.06. The molecule has 15 heavy (non-hydrogen) atoms. The largest absolute Gasteiger partial charge is 1.00 e. The van der Waals surface area contributed by atoms with Crippen molar-refractivity contribution in [1.82, 2.24) is 9.97 Å². The number of aromatic nitrogens is 2. The van der Waals surface area contributed by atoms with Crippen molar-refractivity contribution in [3.63, 3.8) is 0 Å². The van der Waals surface area contributed by atoms with Crippen molar-refractivity contribution in [2.45, 2.75) is 33.9 Å². The molecule has 1 aromatic heterocycles. The minimum Gasteiger partial charge on any atom is -1.00 e. The van der Waals surface area contributed by atoms with Crippen LogP contribution in [0.25, 0.3) is 0 Å². The maximum absolute atomic E-state index is 4.42. The van der Waals surface area contributed by atoms with E-state index in [2.05, 4.69) is 37.7 Å². The summed E-state index contributed by atoms with van der Waals surface area (Å²) in [5.74, 6) is 1.20. The second-order valence-electron chi connectivity index (χ2n) is 3.96. The molecule has 0 bridgehead atoms. The number of H-pyrrole nitrogens is 1. The fourth-order valence-corrected chi connectivity index (χ4v) is 4.68. The van der Waals surface area contributed by atoms with E-state index in [1.807, 2.05) is 6.20 Å². The van der Waals surface area contributed by atoms with Gasteiger partial charge in [-0.3, -0.25) is 0 Å². The molecule has 0 aliphatic carbocycles. The van der Waals surface area contributed by atoms with Gasteiger partial charge >= 0.3 is 0 Å². The normalized spacial score (nSPS) is 11.2. The summed E-state index contributed by atoms with van der Waals surface area (Å²) in [5.41, 5.74) is 1.18. The zero-order valence-corrected chi connectivity index (χ0v) is 11.8. The SMILES string of the molecule is CC[P+](CC)(CC)Cc1ncc(C)[nH]1.[Cl-]. The van der Waals surface area contributed by atoms with E-state index in [1.54, 1.807) is 0 Å². The zero-order chi connectivity index (χ0) is 10.6. The Hall–Kier alpha value is -0.0700. The zero-order valence-electron chi connectivity index (χ0n) is 10.2. The molecular weight excluding hydrogens is 227 g/mol. The van der Waals surface area contributed by atoms with Crippen molar-refractivity contribution in [2.24, 2.45) is 0 Å². The van der Waals surface area contributed by atoms with E-state index in [-0.39, 0.29) is 12.4 Å². The average Bonchev–Trinajstić information content (AvgIpc) is 2.61. The van der Waals surface area contributed by atoms with Crippen molar-refractivity contribution in [3.8, 4) is 0 Å². The van der Waals surface area contributed by atoms with E-state index in [0.717, 1.165) is 0 Å². The summed E-state index contributed by atoms with van der Waals surface area (Å²) in [6, 6.07) is 0. The highest BCUT2D eigenvalue weighted by molar-refractivity contribution is 7.75. The van der Waals surface area contributed by atoms with Crippen LogP contribution >= 0.6 is 7.26 Å². The molecule has 0 saturated carbocycles. The Morgan fingerprint density at radius 2 is 1.73 bits per heavy atom. The molecule has 0 saturated heterocycles. The van der Waals surface area contributed by atoms with Gasteiger partial charge in [0.15, 0.2) is 0 Å². The van der Waals surface area contributed by atoms with Crippen molar-refractivity contribution in [1.29, 1.82) is 0 Å². The van der Waals surface area contributed by atoms with Gasteiger partial charge < -0.3 is 17.4 Å². The average molecular weight is 249 g/mol. The van der Waals surface area contributed by atoms with Crippen LogP contribution in [0.5, 0.6) is 0 Å². The molecule has 1 aromatic rings. The van der Waals surface area contributed by atoms with Gasteiger partial charge in [-0.15, -0.1) is 0 Å². The summed E-state index contributed by atoms with van der Waals surface area (Å²) in [7, 11) is -0.741. The summed E-state index contributed by atoms with van der Waals surface area (Å²) < 4.78 is 0. The molecule has 0 aromatic carbocycles. The molecule has 4 heteroatoms. The quantitative estimate of drug-likeness (QED) is 0.746. The smallest absolute Gasteiger partial charge is 0.144 e. The Morgan fingerprint density at radius 3 is 2.07 bits per heavy atom. The van der Waals surface area contributed by atoms with Crippen LogP contribution in [0, 0.1) is 6.92 Å². The molecule has 0 unspecified atom stereocenters. The Kier molecular flexibility index (Phi) is 6.47. The highest BCUT2D eigenvalue weighted by Crippen LogP contribution is 2.60. The van der Waals surface area contributed by atoms with Gasteiger partial charge in [-0.25, -0.2) is 4.98 Å². The van der Waals surface area contributed by atoms with E-state index < -0.39 is 7.26 Å². The van der Waals surface area contributed by atoms with Crippen molar-refractivity contribution in [3.05, 3.63) is 17.7 Å². The van der Waals surface area contributed by atoms with Crippen molar-refractivity contribution in [2.75, 3.05) is 18.5 Å². The Balaban J connectivity index is 0.00000196. The van der Waals surface area contributed by atoms with Crippen LogP contribution in [-0.4, -0.2) is 28.5 Å². The standard InChI is InChI=1S/C11H22N2P.ClH/c1-5-14(6-2,7-3)9-11-12-8-10(4)13-11;/h8H,5-7,9H2,1-4H3,(H,12,13);1H/q+1;/p-1. The van der Waals surface area contributed by atoms with E-state index >= 15 is 0 Å². The number of nitrogens with zero attached hydrogens (tertiary/aromatic N) is 1. The predicted octanol–water partition coefficient (Wildman–Crippen LogP) is 0.299. The minimum atomic E-state index is -0.741. The van der Waals surface area contributed by atoms with Gasteiger partial charge in [0.05, 0.1) is 18.5 Å². The predicted molar refractivity (Wildman–Crippen MR) is 65.6 cm³/mol. The number of aryl methyl sites for hydroxylation is 1. The molecule has 1 N–H and O–H groups in total. The monoisotopic (exact) mass is 248 g/mol. The van der Waals surface area contributed by atoms with Crippen LogP contribution in [0.1, 0.15) is 32.3 Å². The highest BCUT2D eigenvalue weighted by Gasteiger charge is 2.32. The van der Waals surface area contributed by atoms with E-state index in [4.69, 9.17) is 0 Å². The maximum Gasteiger partial charge on any atom is 0.144 e. The van der Waals surface area contributed by atoms with Gasteiger partial charge in [-0.05, 0) is 27.7 Å². The van der Waals surface area contributed by atoms with Crippen LogP contribution in [0.2, 0.25) is 0 Å².